The summed E-state index contributed by atoms with van der Waals surface area (Å²) < 4.78 is 39.0. The van der Waals surface area contributed by atoms with E-state index in [-0.39, 0.29) is 11.5 Å². The molecule has 3 nitrogen and oxygen atoms in total. The summed E-state index contributed by atoms with van der Waals surface area (Å²) in [7, 11) is 0. The lowest BCUT2D eigenvalue weighted by Gasteiger charge is -2.26. The van der Waals surface area contributed by atoms with Crippen LogP contribution < -0.4 is 0 Å². The van der Waals surface area contributed by atoms with E-state index in [1.807, 2.05) is 6.92 Å². The smallest absolute Gasteiger partial charge is 0.223 e. The second-order valence-electron chi connectivity index (χ2n) is 4.71. The highest BCUT2D eigenvalue weighted by atomic mass is 16.2. The predicted molar refractivity (Wildman–Crippen MR) is 75.0 cm³/mol. The van der Waals surface area contributed by atoms with E-state index in [9.17, 15) is 9.59 Å². The first-order valence-electron chi connectivity index (χ1n) is 9.21. The van der Waals surface area contributed by atoms with Crippen molar-refractivity contribution in [1.29, 1.82) is 0 Å². The summed E-state index contributed by atoms with van der Waals surface area (Å²) >= 11 is 0. The van der Waals surface area contributed by atoms with E-state index in [2.05, 4.69) is 0 Å². The van der Waals surface area contributed by atoms with Crippen molar-refractivity contribution in [2.75, 3.05) is 6.54 Å². The minimum atomic E-state index is -0.761. The number of amides is 1. The Labute approximate surface area is 121 Å². The number of likely N-dealkylation sites (tertiary alicyclic amines) is 1. The fourth-order valence-corrected chi connectivity index (χ4v) is 2.36. The average molecular weight is 264 g/mol. The van der Waals surface area contributed by atoms with Gasteiger partial charge in [0.15, 0.2) is 5.78 Å². The molecule has 0 spiro atoms. The fraction of sp³-hybridized carbons (Fsp3) is 0.500. The molecule has 2 rings (SSSR count). The van der Waals surface area contributed by atoms with Gasteiger partial charge in [-0.05, 0) is 12.8 Å². The lowest BCUT2D eigenvalue weighted by molar-refractivity contribution is -0.129. The monoisotopic (exact) mass is 264 g/mol. The van der Waals surface area contributed by atoms with Gasteiger partial charge in [0.25, 0.3) is 0 Å². The SMILES string of the molecule is [2H]c1c([2H])c([2H])c(C(=O)C(CCCC)N2CCCC2=O)c([2H])c1[2H]. The highest BCUT2D eigenvalue weighted by Gasteiger charge is 2.32. The van der Waals surface area contributed by atoms with Crippen LogP contribution in [0.3, 0.4) is 0 Å². The summed E-state index contributed by atoms with van der Waals surface area (Å²) in [6.07, 6.45) is 3.06. The molecule has 1 aliphatic rings. The van der Waals surface area contributed by atoms with Crippen LogP contribution in [0.25, 0.3) is 0 Å². The molecular formula is C16H21NO2. The Balaban J connectivity index is 2.48. The summed E-state index contributed by atoms with van der Waals surface area (Å²) in [5.41, 5.74) is -0.318. The number of Topliss-reactive ketones (excluding diaryl/α,β-unsaturated/α-hetero) is 1. The third kappa shape index (κ3) is 3.22. The normalized spacial score (nSPS) is 20.4. The van der Waals surface area contributed by atoms with E-state index in [0.717, 1.165) is 12.8 Å². The lowest BCUT2D eigenvalue weighted by Crippen LogP contribution is -2.42. The Morgan fingerprint density at radius 3 is 2.74 bits per heavy atom. The van der Waals surface area contributed by atoms with Crippen LogP contribution in [0, 0.1) is 0 Å². The summed E-state index contributed by atoms with van der Waals surface area (Å²) in [5, 5.41) is 0. The van der Waals surface area contributed by atoms with Gasteiger partial charge in [0.2, 0.25) is 5.91 Å². The van der Waals surface area contributed by atoms with E-state index in [0.29, 0.717) is 25.8 Å². The van der Waals surface area contributed by atoms with Gasteiger partial charge < -0.3 is 4.90 Å². The van der Waals surface area contributed by atoms with Gasteiger partial charge >= 0.3 is 0 Å². The van der Waals surface area contributed by atoms with Crippen LogP contribution in [0.1, 0.15) is 56.2 Å². The summed E-state index contributed by atoms with van der Waals surface area (Å²) in [6, 6.07) is -3.34. The predicted octanol–water partition coefficient (Wildman–Crippen LogP) is 3.05. The van der Waals surface area contributed by atoms with Crippen LogP contribution >= 0.6 is 0 Å². The molecular weight excluding hydrogens is 238 g/mol. The Bertz CT molecular complexity index is 648. The average Bonchev–Trinajstić information content (AvgIpc) is 2.97. The Morgan fingerprint density at radius 1 is 1.42 bits per heavy atom. The first-order valence-corrected chi connectivity index (χ1v) is 6.71. The molecule has 1 aromatic rings. The van der Waals surface area contributed by atoms with E-state index < -0.39 is 42.0 Å². The topological polar surface area (TPSA) is 37.4 Å². The number of carbonyl (C=O) groups is 2. The van der Waals surface area contributed by atoms with Crippen LogP contribution in [0.15, 0.2) is 30.2 Å². The molecule has 1 saturated heterocycles. The molecule has 3 heteroatoms. The van der Waals surface area contributed by atoms with Gasteiger partial charge in [-0.25, -0.2) is 0 Å². The maximum atomic E-state index is 13.0. The standard InChI is InChI=1S/C16H21NO2/c1-2-3-10-14(17-12-7-11-15(17)18)16(19)13-8-5-4-6-9-13/h4-6,8-9,14H,2-3,7,10-12H2,1H3/i4D,5D,6D,8D,9D. The van der Waals surface area contributed by atoms with Crippen LogP contribution in [0.5, 0.6) is 0 Å². The van der Waals surface area contributed by atoms with Gasteiger partial charge in [-0.1, -0.05) is 50.0 Å². The molecule has 0 radical (unpaired) electrons. The number of hydrogen-bond donors (Lipinski definition) is 0. The maximum Gasteiger partial charge on any atom is 0.223 e. The van der Waals surface area contributed by atoms with E-state index >= 15 is 0 Å². The van der Waals surface area contributed by atoms with Crippen LogP contribution in [0.2, 0.25) is 0 Å². The lowest BCUT2D eigenvalue weighted by atomic mass is 9.98. The third-order valence-corrected chi connectivity index (χ3v) is 3.37. The first-order chi connectivity index (χ1) is 11.3. The molecule has 0 saturated carbocycles. The molecule has 1 amide bonds. The maximum absolute atomic E-state index is 13.0. The molecule has 19 heavy (non-hydrogen) atoms. The van der Waals surface area contributed by atoms with Crippen molar-refractivity contribution in [2.45, 2.75) is 45.1 Å². The van der Waals surface area contributed by atoms with Gasteiger partial charge in [-0.3, -0.25) is 9.59 Å². The molecule has 0 N–H and O–H groups in total. The van der Waals surface area contributed by atoms with Crippen molar-refractivity contribution in [3.8, 4) is 0 Å². The minimum Gasteiger partial charge on any atom is -0.332 e. The van der Waals surface area contributed by atoms with Crippen molar-refractivity contribution in [3.05, 3.63) is 35.8 Å². The zero-order valence-corrected chi connectivity index (χ0v) is 11.1. The van der Waals surface area contributed by atoms with Crippen LogP contribution in [0.4, 0.5) is 0 Å². The van der Waals surface area contributed by atoms with Crippen LogP contribution in [-0.2, 0) is 4.79 Å². The fourth-order valence-electron chi connectivity index (χ4n) is 2.36. The highest BCUT2D eigenvalue weighted by Crippen LogP contribution is 2.21. The minimum absolute atomic E-state index is 0.114. The van der Waals surface area contributed by atoms with E-state index in [4.69, 9.17) is 6.85 Å². The summed E-state index contributed by atoms with van der Waals surface area (Å²) in [4.78, 5) is 26.5. The summed E-state index contributed by atoms with van der Waals surface area (Å²) in [6.45, 7) is 2.44. The number of benzene rings is 1. The molecule has 102 valence electrons. The molecule has 1 heterocycles. The number of rotatable bonds is 6. The molecule has 0 aromatic heterocycles. The second-order valence-corrected chi connectivity index (χ2v) is 4.71. The van der Waals surface area contributed by atoms with Gasteiger partial charge in [0, 0.05) is 18.5 Å². The summed E-state index contributed by atoms with van der Waals surface area (Å²) in [5.74, 6) is -0.674. The molecule has 1 aliphatic heterocycles. The number of hydrogen-bond acceptors (Lipinski definition) is 2. The molecule has 1 unspecified atom stereocenters. The molecule has 0 bridgehead atoms. The quantitative estimate of drug-likeness (QED) is 0.741. The van der Waals surface area contributed by atoms with Crippen molar-refractivity contribution in [2.24, 2.45) is 0 Å². The van der Waals surface area contributed by atoms with Crippen molar-refractivity contribution >= 4 is 11.7 Å². The zero-order valence-electron chi connectivity index (χ0n) is 16.1. The number of nitrogens with zero attached hydrogens (tertiary/aromatic N) is 1. The molecule has 0 aliphatic carbocycles. The van der Waals surface area contributed by atoms with E-state index in [1.54, 1.807) is 0 Å². The molecule has 1 aromatic carbocycles. The number of unbranched alkanes of at least 4 members (excludes halogenated alkanes) is 1. The van der Waals surface area contributed by atoms with Crippen molar-refractivity contribution in [1.82, 2.24) is 4.90 Å². The first kappa shape index (κ1) is 8.51. The van der Waals surface area contributed by atoms with Gasteiger partial charge in [0.1, 0.15) is 0 Å². The Kier molecular flexibility index (Phi) is 2.91. The van der Waals surface area contributed by atoms with Crippen molar-refractivity contribution < 1.29 is 16.4 Å². The zero-order chi connectivity index (χ0) is 18.0. The number of carbonyl (C=O) groups excluding carboxylic acids is 2. The second kappa shape index (κ2) is 6.50. The number of ketones is 1. The van der Waals surface area contributed by atoms with Gasteiger partial charge in [0.05, 0.1) is 12.9 Å². The Morgan fingerprint density at radius 2 is 2.16 bits per heavy atom. The van der Waals surface area contributed by atoms with Gasteiger partial charge in [-0.2, -0.15) is 0 Å². The molecule has 1 atom stereocenters. The Hall–Kier alpha value is -1.64. The highest BCUT2D eigenvalue weighted by molar-refractivity contribution is 6.02. The van der Waals surface area contributed by atoms with Crippen LogP contribution in [-0.4, -0.2) is 29.2 Å². The van der Waals surface area contributed by atoms with E-state index in [1.165, 1.54) is 4.90 Å². The largest absolute Gasteiger partial charge is 0.332 e. The van der Waals surface area contributed by atoms with Crippen molar-refractivity contribution in [3.63, 3.8) is 0 Å². The third-order valence-electron chi connectivity index (χ3n) is 3.37. The molecule has 1 fully saturated rings. The van der Waals surface area contributed by atoms with Gasteiger partial charge in [-0.15, -0.1) is 0 Å².